The lowest BCUT2D eigenvalue weighted by Gasteiger charge is -2.03. The number of nitrogen functional groups attached to an aromatic ring is 1. The number of nitrogens with one attached hydrogen (secondary N) is 1. The van der Waals surface area contributed by atoms with E-state index in [0.29, 0.717) is 5.52 Å². The van der Waals surface area contributed by atoms with Crippen LogP contribution >= 0.6 is 0 Å². The van der Waals surface area contributed by atoms with Gasteiger partial charge >= 0.3 is 6.03 Å². The molecule has 2 aromatic heterocycles. The van der Waals surface area contributed by atoms with E-state index < -0.39 is 6.03 Å². The van der Waals surface area contributed by atoms with Crippen LogP contribution in [0.5, 0.6) is 0 Å². The highest BCUT2D eigenvalue weighted by molar-refractivity contribution is 6.10. The predicted octanol–water partition coefficient (Wildman–Crippen LogP) is 1.02. The van der Waals surface area contributed by atoms with Crippen LogP contribution in [0.25, 0.3) is 21.9 Å². The number of fused-ring (bicyclic) bond motifs is 3. The molecule has 0 unspecified atom stereocenters. The monoisotopic (exact) mass is 227 g/mol. The fourth-order valence-electron chi connectivity index (χ4n) is 1.98. The molecule has 0 bridgehead atoms. The summed E-state index contributed by atoms with van der Waals surface area (Å²) in [5, 5.41) is 0.897. The lowest BCUT2D eigenvalue weighted by molar-refractivity contribution is 0.244. The molecule has 0 aliphatic rings. The highest BCUT2D eigenvalue weighted by atomic mass is 16.2. The number of para-hydroxylation sites is 1. The molecule has 0 spiro atoms. The molecule has 1 amide bonds. The maximum Gasteiger partial charge on any atom is 0.340 e. The van der Waals surface area contributed by atoms with Gasteiger partial charge in [0.05, 0.1) is 22.7 Å². The Morgan fingerprint density at radius 1 is 1.29 bits per heavy atom. The van der Waals surface area contributed by atoms with Crippen molar-refractivity contribution in [2.45, 2.75) is 0 Å². The van der Waals surface area contributed by atoms with Crippen molar-refractivity contribution in [2.75, 3.05) is 0 Å². The number of hydrazine groups is 1. The maximum absolute atomic E-state index is 11.8. The highest BCUT2D eigenvalue weighted by Crippen LogP contribution is 2.25. The van der Waals surface area contributed by atoms with Crippen LogP contribution in [-0.4, -0.2) is 20.6 Å². The van der Waals surface area contributed by atoms with Gasteiger partial charge in [-0.05, 0) is 6.07 Å². The molecule has 1 aromatic carbocycles. The summed E-state index contributed by atoms with van der Waals surface area (Å²) in [5.41, 5.74) is 4.25. The van der Waals surface area contributed by atoms with E-state index in [2.05, 4.69) is 15.4 Å². The zero-order valence-electron chi connectivity index (χ0n) is 8.79. The van der Waals surface area contributed by atoms with Gasteiger partial charge in [0.15, 0.2) is 0 Å². The molecule has 0 fully saturated rings. The van der Waals surface area contributed by atoms with Gasteiger partial charge in [-0.3, -0.25) is 9.99 Å². The van der Waals surface area contributed by atoms with E-state index in [9.17, 15) is 4.79 Å². The second kappa shape index (κ2) is 3.53. The number of carbonyl (C=O) groups excluding carboxylic acids is 1. The number of hydrogen-bond acceptors (Lipinski definition) is 4. The van der Waals surface area contributed by atoms with Crippen molar-refractivity contribution < 1.29 is 4.79 Å². The molecule has 0 radical (unpaired) electrons. The van der Waals surface area contributed by atoms with Crippen LogP contribution in [0.2, 0.25) is 0 Å². The van der Waals surface area contributed by atoms with Crippen LogP contribution in [0.4, 0.5) is 4.79 Å². The third-order valence-corrected chi connectivity index (χ3v) is 2.66. The van der Waals surface area contributed by atoms with E-state index in [-0.39, 0.29) is 0 Å². The summed E-state index contributed by atoms with van der Waals surface area (Å²) in [5.74, 6) is 5.18. The molecule has 84 valence electrons. The Balaban J connectivity index is 2.54. The fraction of sp³-hybridized carbons (Fsp3) is 0. The molecule has 6 nitrogen and oxygen atoms in total. The first-order chi connectivity index (χ1) is 8.33. The number of benzene rings is 1. The van der Waals surface area contributed by atoms with Gasteiger partial charge in [-0.25, -0.2) is 20.6 Å². The van der Waals surface area contributed by atoms with Crippen LogP contribution in [0.1, 0.15) is 0 Å². The largest absolute Gasteiger partial charge is 0.340 e. The molecule has 0 saturated heterocycles. The van der Waals surface area contributed by atoms with Crippen molar-refractivity contribution >= 4 is 28.0 Å². The fourth-order valence-corrected chi connectivity index (χ4v) is 1.98. The molecule has 3 rings (SSSR count). The van der Waals surface area contributed by atoms with E-state index in [1.165, 1.54) is 10.9 Å². The average Bonchev–Trinajstić information content (AvgIpc) is 2.72. The average molecular weight is 227 g/mol. The smallest absolute Gasteiger partial charge is 0.275 e. The summed E-state index contributed by atoms with van der Waals surface area (Å²) in [6, 6.07) is 7.09. The van der Waals surface area contributed by atoms with Gasteiger partial charge in [-0.2, -0.15) is 0 Å². The van der Waals surface area contributed by atoms with Gasteiger partial charge < -0.3 is 0 Å². The molecule has 0 atom stereocenters. The second-order valence-corrected chi connectivity index (χ2v) is 3.56. The van der Waals surface area contributed by atoms with Crippen molar-refractivity contribution in [3.63, 3.8) is 0 Å². The second-order valence-electron chi connectivity index (χ2n) is 3.56. The Hall–Kier alpha value is -2.47. The lowest BCUT2D eigenvalue weighted by atomic mass is 10.2. The molecule has 17 heavy (non-hydrogen) atoms. The number of nitrogens with zero attached hydrogens (tertiary/aromatic N) is 3. The number of aromatic nitrogens is 3. The van der Waals surface area contributed by atoms with Gasteiger partial charge in [0.2, 0.25) is 0 Å². The predicted molar refractivity (Wildman–Crippen MR) is 63.2 cm³/mol. The van der Waals surface area contributed by atoms with E-state index in [1.54, 1.807) is 6.20 Å². The van der Waals surface area contributed by atoms with E-state index in [0.717, 1.165) is 16.4 Å². The van der Waals surface area contributed by atoms with Crippen molar-refractivity contribution in [1.29, 1.82) is 0 Å². The van der Waals surface area contributed by atoms with Crippen molar-refractivity contribution in [2.24, 2.45) is 5.84 Å². The minimum Gasteiger partial charge on any atom is -0.275 e. The number of rotatable bonds is 0. The first-order valence-electron chi connectivity index (χ1n) is 5.03. The van der Waals surface area contributed by atoms with Gasteiger partial charge in [-0.1, -0.05) is 18.2 Å². The standard InChI is InChI=1S/C11H9N5O/c12-15-11(17)16-8-4-2-1-3-7(8)10-9(16)5-13-6-14-10/h1-6H,12H2,(H,15,17). The maximum atomic E-state index is 11.8. The minimum absolute atomic E-state index is 0.411. The SMILES string of the molecule is NNC(=O)n1c2ccccc2c2ncncc21. The molecule has 0 aliphatic heterocycles. The van der Waals surface area contributed by atoms with Crippen molar-refractivity contribution in [3.05, 3.63) is 36.8 Å². The Kier molecular flexibility index (Phi) is 2.02. The first kappa shape index (κ1) is 9.73. The van der Waals surface area contributed by atoms with E-state index >= 15 is 0 Å². The van der Waals surface area contributed by atoms with E-state index in [4.69, 9.17) is 5.84 Å². The Morgan fingerprint density at radius 3 is 2.94 bits per heavy atom. The normalized spacial score (nSPS) is 10.9. The Morgan fingerprint density at radius 2 is 2.12 bits per heavy atom. The molecule has 3 aromatic rings. The third-order valence-electron chi connectivity index (χ3n) is 2.66. The first-order valence-corrected chi connectivity index (χ1v) is 5.03. The van der Waals surface area contributed by atoms with Crippen molar-refractivity contribution in [1.82, 2.24) is 20.0 Å². The van der Waals surface area contributed by atoms with Gasteiger partial charge in [0.1, 0.15) is 6.33 Å². The molecule has 0 aliphatic carbocycles. The van der Waals surface area contributed by atoms with Gasteiger partial charge in [0.25, 0.3) is 0 Å². The summed E-state index contributed by atoms with van der Waals surface area (Å²) in [7, 11) is 0. The van der Waals surface area contributed by atoms with Crippen LogP contribution in [0.15, 0.2) is 36.8 Å². The number of carbonyl (C=O) groups is 1. The number of amides is 1. The molecule has 2 heterocycles. The number of nitrogens with two attached hydrogens (primary N) is 1. The van der Waals surface area contributed by atoms with Crippen LogP contribution in [0.3, 0.4) is 0 Å². The number of hydrogen-bond donors (Lipinski definition) is 2. The summed E-state index contributed by atoms with van der Waals surface area (Å²) in [6.07, 6.45) is 3.05. The molecule has 3 N–H and O–H groups in total. The molecular formula is C11H9N5O. The summed E-state index contributed by atoms with van der Waals surface area (Å²) in [6.45, 7) is 0. The third kappa shape index (κ3) is 1.28. The quantitative estimate of drug-likeness (QED) is 0.341. The van der Waals surface area contributed by atoms with Gasteiger partial charge in [-0.15, -0.1) is 0 Å². The zero-order chi connectivity index (χ0) is 11.8. The zero-order valence-corrected chi connectivity index (χ0v) is 8.79. The summed E-state index contributed by atoms with van der Waals surface area (Å²) >= 11 is 0. The minimum atomic E-state index is -0.411. The lowest BCUT2D eigenvalue weighted by Crippen LogP contribution is -2.34. The molecular weight excluding hydrogens is 218 g/mol. The molecule has 0 saturated carbocycles. The van der Waals surface area contributed by atoms with Gasteiger partial charge in [0, 0.05) is 5.39 Å². The van der Waals surface area contributed by atoms with E-state index in [1.807, 2.05) is 24.3 Å². The van der Waals surface area contributed by atoms with Crippen LogP contribution < -0.4 is 11.3 Å². The van der Waals surface area contributed by atoms with Crippen molar-refractivity contribution in [3.8, 4) is 0 Å². The topological polar surface area (TPSA) is 85.8 Å². The Bertz CT molecular complexity index is 665. The van der Waals surface area contributed by atoms with Crippen LogP contribution in [-0.2, 0) is 0 Å². The summed E-state index contributed by atoms with van der Waals surface area (Å²) in [4.78, 5) is 19.9. The Labute approximate surface area is 96.0 Å². The van der Waals surface area contributed by atoms with Crippen LogP contribution in [0, 0.1) is 0 Å². The molecule has 6 heteroatoms. The highest BCUT2D eigenvalue weighted by Gasteiger charge is 2.15. The summed E-state index contributed by atoms with van der Waals surface area (Å²) < 4.78 is 1.46.